The first-order valence-electron chi connectivity index (χ1n) is 39.7. The summed E-state index contributed by atoms with van der Waals surface area (Å²) in [5, 5.41) is 53.7. The van der Waals surface area contributed by atoms with Crippen LogP contribution in [0.25, 0.3) is 64.1 Å². The highest BCUT2D eigenvalue weighted by Crippen LogP contribution is 2.25. The van der Waals surface area contributed by atoms with E-state index < -0.39 is 0 Å². The summed E-state index contributed by atoms with van der Waals surface area (Å²) in [6, 6.07) is 66.5. The highest BCUT2D eigenvalue weighted by atomic mass is 32.1. The Morgan fingerprint density at radius 1 is 0.287 bits per heavy atom. The molecule has 24 heterocycles. The molecule has 5 N–H and O–H groups in total. The molecule has 136 heavy (non-hydrogen) atoms. The topological polar surface area (TPSA) is 480 Å². The molecule has 0 aliphatic heterocycles. The number of imidazole rings is 2. The number of oxazole rings is 1. The third kappa shape index (κ3) is 55.3. The number of para-hydroxylation sites is 4. The fourth-order valence-corrected chi connectivity index (χ4v) is 11.5. The van der Waals surface area contributed by atoms with Crippen LogP contribution in [-0.4, -0.2) is 160 Å². The molecule has 41 heteroatoms. The van der Waals surface area contributed by atoms with Gasteiger partial charge in [-0.3, -0.25) is 35.0 Å². The first-order chi connectivity index (χ1) is 67.8. The Kier molecular flexibility index (Phi) is 59.7. The lowest BCUT2D eigenvalue weighted by molar-refractivity contribution is 0.420. The minimum Gasteiger partial charge on any atom is -0.473 e. The summed E-state index contributed by atoms with van der Waals surface area (Å²) >= 11 is 8.39. The van der Waals surface area contributed by atoms with Gasteiger partial charge in [-0.05, 0) is 178 Å². The number of benzene rings is 3. The van der Waals surface area contributed by atoms with E-state index in [0.717, 1.165) is 43.8 Å². The Hall–Kier alpha value is -18.4. The zero-order valence-electron chi connectivity index (χ0n) is 72.2. The number of thiophene rings is 3. The van der Waals surface area contributed by atoms with E-state index in [1.165, 1.54) is 101 Å². The quantitative estimate of drug-likeness (QED) is 0.0880. The van der Waals surface area contributed by atoms with Crippen LogP contribution in [0.3, 0.4) is 0 Å². The monoisotopic (exact) mass is 1900 g/mol. The van der Waals surface area contributed by atoms with Crippen molar-refractivity contribution in [3.63, 3.8) is 0 Å². The van der Waals surface area contributed by atoms with Crippen LogP contribution in [0.5, 0.6) is 0 Å². The smallest absolute Gasteiger partial charge is 0.180 e. The molecule has 0 bridgehead atoms. The number of aromatic nitrogens is 32. The number of hydrogen-bond acceptors (Lipinski definition) is 36. The van der Waals surface area contributed by atoms with Gasteiger partial charge in [-0.25, -0.2) is 54.2 Å². The second kappa shape index (κ2) is 77.7. The lowest BCUT2D eigenvalue weighted by Crippen LogP contribution is -1.83. The van der Waals surface area contributed by atoms with E-state index in [4.69, 9.17) is 4.42 Å². The SMILES string of the molecule is c1c[nH]cn1.c1cc2nc3ccncc3cc2cn1.c1cc2sccc2s1.c1cc[nH]c1.c1ccc2[nH]ccc2c1.c1ccc2[nH]cnc2c1.c1ccc2occc2c1.c1ccncc1.c1ccnnc1.c1ccoc1.c1ccsc1.c1cn[nH]c1.c1cnccn1.c1cncnc1.c1cnncn1.c1cnoc1.c1cnsc1.c1cocn1.c1cscn1.c1ncncn1.c1nncnn1. The van der Waals surface area contributed by atoms with Crippen molar-refractivity contribution in [1.82, 2.24) is 160 Å². The van der Waals surface area contributed by atoms with E-state index in [1.54, 1.807) is 225 Å². The van der Waals surface area contributed by atoms with Gasteiger partial charge in [0, 0.05) is 191 Å². The average Bonchev–Trinajstić information content (AvgIpc) is 1.000. The van der Waals surface area contributed by atoms with E-state index in [-0.39, 0.29) is 0 Å². The molecule has 682 valence electrons. The fraction of sp³-hybridized carbons (Fsp3) is 0. The number of furan rings is 2. The molecule has 0 amide bonds. The van der Waals surface area contributed by atoms with Gasteiger partial charge >= 0.3 is 0 Å². The van der Waals surface area contributed by atoms with E-state index in [9.17, 15) is 0 Å². The number of nitrogens with zero attached hydrogens (tertiary/aromatic N) is 27. The molecule has 0 radical (unpaired) electrons. The second-order valence-corrected chi connectivity index (χ2v) is 27.5. The number of aromatic amines is 5. The number of thiazole rings is 1. The molecule has 0 fully saturated rings. The van der Waals surface area contributed by atoms with Gasteiger partial charge in [0.2, 0.25) is 0 Å². The maximum atomic E-state index is 5.12. The molecule has 0 saturated carbocycles. The van der Waals surface area contributed by atoms with Gasteiger partial charge in [-0.15, -0.1) is 59.5 Å². The van der Waals surface area contributed by atoms with Crippen LogP contribution in [0.2, 0.25) is 0 Å². The van der Waals surface area contributed by atoms with Crippen LogP contribution in [0.1, 0.15) is 0 Å². The predicted octanol–water partition coefficient (Wildman–Crippen LogP) is 21.3. The number of H-pyrrole nitrogens is 5. The van der Waals surface area contributed by atoms with E-state index >= 15 is 0 Å². The van der Waals surface area contributed by atoms with Crippen LogP contribution in [-0.2, 0) is 0 Å². The zero-order valence-corrected chi connectivity index (χ0v) is 76.3. The summed E-state index contributed by atoms with van der Waals surface area (Å²) < 4.78 is 25.1. The van der Waals surface area contributed by atoms with Gasteiger partial charge in [0.15, 0.2) is 19.0 Å². The Morgan fingerprint density at radius 3 is 1.29 bits per heavy atom. The first-order valence-corrected chi connectivity index (χ1v) is 44.2. The lowest BCUT2D eigenvalue weighted by atomic mass is 10.2. The third-order valence-corrected chi connectivity index (χ3v) is 17.7. The van der Waals surface area contributed by atoms with E-state index in [0.29, 0.717) is 0 Å². The van der Waals surface area contributed by atoms with Gasteiger partial charge in [-0.2, -0.15) is 31.7 Å². The molecule has 0 unspecified atom stereocenters. The van der Waals surface area contributed by atoms with Crippen LogP contribution in [0, 0.1) is 0 Å². The molecule has 36 nitrogen and oxygen atoms in total. The van der Waals surface area contributed by atoms with Gasteiger partial charge in [0.25, 0.3) is 0 Å². The maximum Gasteiger partial charge on any atom is 0.180 e. The summed E-state index contributed by atoms with van der Waals surface area (Å²) in [6.45, 7) is 0. The van der Waals surface area contributed by atoms with Crippen molar-refractivity contribution in [3.8, 4) is 0 Å². The largest absolute Gasteiger partial charge is 0.473 e. The summed E-state index contributed by atoms with van der Waals surface area (Å²) in [6.07, 6.45) is 68.7. The molecule has 24 aromatic heterocycles. The number of nitrogens with one attached hydrogen (secondary N) is 5. The molecular weight excluding hydrogens is 1810 g/mol. The van der Waals surface area contributed by atoms with Crippen molar-refractivity contribution in [3.05, 3.63) is 506 Å². The standard InChI is InChI=1S/C11H7N3.C8H7N.C8H6O.C7H6N2.C6H4S2.C5H5N.3C4H4N2.C4H5N.C4H4O.C4H4S.2C3H3N3.2C3H4N2.2C3H3NO.2C3H3NS.C2H2N4/c1-3-12-6-8-5-9-7-13-4-2-11(9)14-10(1)8;2*1-2-4-8-7(3-1)5-6-9-8;1-2-4-7-6(3-1)8-5-9-7;1-3-7-6-2-4-8-5(1)6;1-2-4-6-5-3-1;1-2-6-4-3-5-1;1-2-5-4-6-3-1;1-2-4-6-5-3-1;3*1-2-4-5-3-1;1-4-2-6-3-5-1;1-2-5-6-3-4-1;1-2-5-3-4-1;1-2-4-5-3-1;1-2-5-3-4-1;1-2-4-5-3-1;1-2-5-3-4-1;1-2-4-5-3-1;1-3-5-2-6-4-1/h1-7H;1-6,9H;1-6H;1-5H,(H,8,9);1-4H;1-5H;3*1-4H;1-5H;2*1-4H;2*1-3H;2*1-3H,(H,4,5);4*1-3H;1-2H. The van der Waals surface area contributed by atoms with Gasteiger partial charge < -0.3 is 37.7 Å². The normalized spacial score (nSPS) is 8.88. The highest BCUT2D eigenvalue weighted by molar-refractivity contribution is 7.25. The number of rotatable bonds is 0. The van der Waals surface area contributed by atoms with Crippen molar-refractivity contribution in [1.29, 1.82) is 0 Å². The Labute approximate surface area is 799 Å². The molecule has 0 spiro atoms. The minimum absolute atomic E-state index is 0.956. The summed E-state index contributed by atoms with van der Waals surface area (Å²) in [5.41, 5.74) is 8.02. The van der Waals surface area contributed by atoms with Gasteiger partial charge in [0.05, 0.1) is 77.6 Å². The zero-order chi connectivity index (χ0) is 94.6. The summed E-state index contributed by atoms with van der Waals surface area (Å²) in [7, 11) is 0. The van der Waals surface area contributed by atoms with Crippen LogP contribution >= 0.6 is 56.9 Å². The Bertz CT molecular complexity index is 5350. The number of fused-ring (bicyclic) bond motifs is 6. The fourth-order valence-electron chi connectivity index (χ4n) is 8.51. The Morgan fingerprint density at radius 2 is 0.919 bits per heavy atom. The first kappa shape index (κ1) is 105. The molecule has 0 aliphatic rings. The lowest BCUT2D eigenvalue weighted by Gasteiger charge is -1.99. The van der Waals surface area contributed by atoms with Gasteiger partial charge in [-0.1, -0.05) is 71.9 Å². The number of pyridine rings is 4. The van der Waals surface area contributed by atoms with Crippen molar-refractivity contribution in [2.24, 2.45) is 0 Å². The molecule has 0 aliphatic carbocycles. The van der Waals surface area contributed by atoms with Crippen molar-refractivity contribution in [2.45, 2.75) is 0 Å². The molecule has 27 aromatic rings. The van der Waals surface area contributed by atoms with Crippen LogP contribution in [0.15, 0.2) is 524 Å². The molecule has 27 rings (SSSR count). The van der Waals surface area contributed by atoms with E-state index in [2.05, 4.69) is 221 Å². The van der Waals surface area contributed by atoms with Gasteiger partial charge in [0.1, 0.15) is 49.7 Å². The van der Waals surface area contributed by atoms with Crippen LogP contribution in [0.4, 0.5) is 0 Å². The maximum absolute atomic E-state index is 5.12. The summed E-state index contributed by atoms with van der Waals surface area (Å²) in [5.74, 6) is 0. The third-order valence-electron chi connectivity index (χ3n) is 14.1. The second-order valence-electron chi connectivity index (χ2n) is 23.4. The highest BCUT2D eigenvalue weighted by Gasteiger charge is 1.99. The van der Waals surface area contributed by atoms with Crippen molar-refractivity contribution in [2.75, 3.05) is 0 Å². The molecule has 0 atom stereocenters. The number of hydrogen-bond donors (Lipinski definition) is 5. The van der Waals surface area contributed by atoms with Crippen molar-refractivity contribution >= 4 is 121 Å². The van der Waals surface area contributed by atoms with E-state index in [1.807, 2.05) is 210 Å². The minimum atomic E-state index is 0.956. The predicted molar refractivity (Wildman–Crippen MR) is 531 cm³/mol. The molecular formula is C95H88N32O4S5. The van der Waals surface area contributed by atoms with Crippen LogP contribution < -0.4 is 0 Å². The van der Waals surface area contributed by atoms with Crippen molar-refractivity contribution < 1.29 is 17.8 Å². The average molecular weight is 1900 g/mol. The summed E-state index contributed by atoms with van der Waals surface area (Å²) in [4.78, 5) is 72.3. The molecule has 3 aromatic carbocycles. The molecule has 0 saturated heterocycles. The Balaban J connectivity index is 0.000000196.